The number of nitrogens with two attached hydrogens (primary N) is 1. The Bertz CT molecular complexity index is 2340. The minimum Gasteiger partial charge on any atom is -0.508 e. The second kappa shape index (κ2) is 39.0. The number of unbranched alkanes of at least 4 members (excludes halogenated alkanes) is 5. The highest BCUT2D eigenvalue weighted by Gasteiger charge is 2.48. The molecule has 4 rings (SSSR count). The first-order valence-electron chi connectivity index (χ1n) is 31.0. The largest absolute Gasteiger partial charge is 0.508 e. The maximum absolute atomic E-state index is 14.9. The number of carbonyl (C=O) groups is 7. The van der Waals surface area contributed by atoms with Gasteiger partial charge in [0.25, 0.3) is 0 Å². The zero-order chi connectivity index (χ0) is 65.0. The molecule has 6 amide bonds. The predicted octanol–water partition coefficient (Wildman–Crippen LogP) is -0.543. The molecule has 14 N–H and O–H groups in total. The van der Waals surface area contributed by atoms with E-state index in [1.54, 1.807) is 7.11 Å². The van der Waals surface area contributed by atoms with E-state index in [0.717, 1.165) is 48.3 Å². The van der Waals surface area contributed by atoms with Crippen molar-refractivity contribution in [2.45, 2.75) is 203 Å². The Morgan fingerprint density at radius 3 is 1.97 bits per heavy atom. The summed E-state index contributed by atoms with van der Waals surface area (Å²) in [5.41, 5.74) is 5.12. The molecule has 88 heavy (non-hydrogen) atoms. The summed E-state index contributed by atoms with van der Waals surface area (Å²) in [5.74, 6) is -7.53. The molecule has 3 fully saturated rings. The summed E-state index contributed by atoms with van der Waals surface area (Å²) in [6.07, 6.45) is -8.83. The molecule has 3 aliphatic rings. The number of ether oxygens (including phenoxy) is 5. The smallest absolute Gasteiger partial charge is 0.248 e. The maximum atomic E-state index is 14.9. The number of amides is 6. The van der Waals surface area contributed by atoms with Gasteiger partial charge in [-0.25, -0.2) is 0 Å². The number of ketones is 1. The Hall–Kier alpha value is -5.43. The van der Waals surface area contributed by atoms with E-state index < -0.39 is 158 Å². The van der Waals surface area contributed by atoms with Crippen LogP contribution in [0.1, 0.15) is 136 Å². The van der Waals surface area contributed by atoms with Gasteiger partial charge in [0.1, 0.15) is 42.1 Å². The van der Waals surface area contributed by atoms with E-state index in [2.05, 4.69) is 48.6 Å². The highest BCUT2D eigenvalue weighted by molar-refractivity contribution is 5.96. The quantitative estimate of drug-likeness (QED) is 0.0393. The molecule has 0 bridgehead atoms. The number of hydrogen-bond donors (Lipinski definition) is 13. The Labute approximate surface area is 516 Å². The Morgan fingerprint density at radius 1 is 0.750 bits per heavy atom. The van der Waals surface area contributed by atoms with Gasteiger partial charge in [-0.2, -0.15) is 0 Å². The van der Waals surface area contributed by atoms with Gasteiger partial charge in [0.2, 0.25) is 35.4 Å². The fraction of sp³-hybridized carbons (Fsp3) is 0.754. The summed E-state index contributed by atoms with van der Waals surface area (Å²) in [4.78, 5) is 102. The summed E-state index contributed by atoms with van der Waals surface area (Å²) in [6, 6.07) is -3.91. The van der Waals surface area contributed by atoms with Crippen LogP contribution in [0.4, 0.5) is 0 Å². The van der Waals surface area contributed by atoms with Crippen LogP contribution in [0, 0.1) is 17.8 Å². The normalized spacial score (nSPS) is 26.6. The number of fused-ring (bicyclic) bond motifs is 2. The zero-order valence-corrected chi connectivity index (χ0v) is 51.9. The van der Waals surface area contributed by atoms with E-state index in [1.807, 2.05) is 0 Å². The lowest BCUT2D eigenvalue weighted by Crippen LogP contribution is -2.61. The van der Waals surface area contributed by atoms with Crippen molar-refractivity contribution in [2.75, 3.05) is 73.1 Å². The SMILES string of the molecule is C=C1NC([C@H](O)CC(N)=O)C(=O)N2CC[C@H](O)C2C(=O)N[C@H](OCCOCCOCCOCCOC)[C@H](O)C[C@H](NC(=O)CCCCCCCCC(C)CC(C)CC)C(=O)NC([C@@H](C)O)C(=O)N2C[C@H](O)CC2C(=O)CC1[C@H](O)[C@@H](O)c1ccc(O)cc1. The van der Waals surface area contributed by atoms with Crippen LogP contribution in [0.2, 0.25) is 0 Å². The van der Waals surface area contributed by atoms with Crippen molar-refractivity contribution in [3.05, 3.63) is 42.1 Å². The number of carbonyl (C=O) groups excluding carboxylic acids is 7. The van der Waals surface area contributed by atoms with Gasteiger partial charge in [0.15, 0.2) is 12.0 Å². The second-order valence-corrected chi connectivity index (χ2v) is 23.7. The van der Waals surface area contributed by atoms with E-state index in [-0.39, 0.29) is 70.2 Å². The number of Topliss-reactive ketones (excluding diaryl/α,β-unsaturated/α-hetero) is 1. The van der Waals surface area contributed by atoms with Crippen LogP contribution in [0.5, 0.6) is 5.75 Å². The van der Waals surface area contributed by atoms with Crippen LogP contribution in [0.25, 0.3) is 0 Å². The van der Waals surface area contributed by atoms with Gasteiger partial charge in [-0.3, -0.25) is 33.6 Å². The van der Waals surface area contributed by atoms with Crippen molar-refractivity contribution in [2.24, 2.45) is 23.5 Å². The van der Waals surface area contributed by atoms with Crippen LogP contribution >= 0.6 is 0 Å². The Morgan fingerprint density at radius 2 is 1.35 bits per heavy atom. The number of methoxy groups -OCH3 is 1. The standard InChI is InChI=1S/C61H101N7O20/c1-7-36(2)30-37(3)14-12-10-8-9-11-13-15-51(77)64-44-33-49(75)59(88-29-28-87-27-26-86-25-24-85-23-22-84-6)66-58(81)54-46(72)20-21-67(54)61(83)53(48(74)34-50(62)76)63-38(4)43(56(79)55(78)40-16-18-41(70)19-17-40)32-47(73)45-31-42(71)35-68(45)60(82)52(39(5)69)65-57(44)80/h16-19,36-37,39,42-46,48-49,52-56,59,63,69-72,74-75,78-79H,4,7-15,20-35H2,1-3,5-6H3,(H2,62,76)(H,64,77)(H,65,80)(H,66,81)/t36?,37?,39-,42-,43?,44+,45?,46+,48-,49-,52?,53?,54?,55+,56+,59-/m1/s1. The number of benzene rings is 1. The van der Waals surface area contributed by atoms with E-state index in [0.29, 0.717) is 44.5 Å². The highest BCUT2D eigenvalue weighted by Crippen LogP contribution is 2.33. The molecular formula is C61H101N7O20. The summed E-state index contributed by atoms with van der Waals surface area (Å²) in [6.45, 7) is 12.2. The molecule has 1 aromatic carbocycles. The van der Waals surface area contributed by atoms with E-state index in [1.165, 1.54) is 37.6 Å². The van der Waals surface area contributed by atoms with Crippen LogP contribution in [0.15, 0.2) is 36.5 Å². The first kappa shape index (κ1) is 75.0. The molecular weight excluding hydrogens is 1150 g/mol. The van der Waals surface area contributed by atoms with Gasteiger partial charge in [-0.05, 0) is 55.7 Å². The molecule has 16 atom stereocenters. The topological polar surface area (TPSA) is 408 Å². The molecule has 0 aromatic heterocycles. The van der Waals surface area contributed by atoms with Gasteiger partial charge < -0.3 is 101 Å². The van der Waals surface area contributed by atoms with Gasteiger partial charge in [-0.15, -0.1) is 0 Å². The summed E-state index contributed by atoms with van der Waals surface area (Å²) in [7, 11) is 1.55. The van der Waals surface area contributed by atoms with Gasteiger partial charge in [0, 0.05) is 57.5 Å². The number of nitrogens with one attached hydrogen (secondary N) is 4. The van der Waals surface area contributed by atoms with Crippen molar-refractivity contribution in [3.63, 3.8) is 0 Å². The molecule has 0 aliphatic carbocycles. The molecule has 500 valence electrons. The number of nitrogens with zero attached hydrogens (tertiary/aromatic N) is 2. The Kier molecular flexibility index (Phi) is 33.2. The van der Waals surface area contributed by atoms with E-state index in [4.69, 9.17) is 29.4 Å². The fourth-order valence-electron chi connectivity index (χ4n) is 11.3. The first-order chi connectivity index (χ1) is 41.9. The highest BCUT2D eigenvalue weighted by atomic mass is 16.6. The maximum Gasteiger partial charge on any atom is 0.248 e. The first-order valence-corrected chi connectivity index (χ1v) is 31.0. The van der Waals surface area contributed by atoms with Crippen LogP contribution < -0.4 is 27.0 Å². The molecule has 3 saturated heterocycles. The molecule has 3 aliphatic heterocycles. The van der Waals surface area contributed by atoms with Crippen molar-refractivity contribution in [1.29, 1.82) is 0 Å². The summed E-state index contributed by atoms with van der Waals surface area (Å²) < 4.78 is 27.5. The van der Waals surface area contributed by atoms with Gasteiger partial charge in [0.05, 0.1) is 95.8 Å². The fourth-order valence-corrected chi connectivity index (χ4v) is 11.3. The molecule has 3 heterocycles. The van der Waals surface area contributed by atoms with Crippen molar-refractivity contribution in [1.82, 2.24) is 31.1 Å². The van der Waals surface area contributed by atoms with Crippen LogP contribution in [-0.2, 0) is 57.2 Å². The Balaban J connectivity index is 1.74. The minimum atomic E-state index is -2.02. The van der Waals surface area contributed by atoms with Crippen LogP contribution in [0.3, 0.4) is 0 Å². The van der Waals surface area contributed by atoms with E-state index >= 15 is 0 Å². The van der Waals surface area contributed by atoms with Crippen LogP contribution in [-0.4, -0.2) is 238 Å². The molecule has 1 aromatic rings. The van der Waals surface area contributed by atoms with E-state index in [9.17, 15) is 74.4 Å². The average molecular weight is 1250 g/mol. The van der Waals surface area contributed by atoms with Crippen molar-refractivity contribution >= 4 is 41.2 Å². The lowest BCUT2D eigenvalue weighted by molar-refractivity contribution is -0.149. The number of aliphatic hydroxyl groups is 7. The zero-order valence-electron chi connectivity index (χ0n) is 51.9. The number of rotatable bonds is 33. The third kappa shape index (κ3) is 24.4. The van der Waals surface area contributed by atoms with Gasteiger partial charge in [-0.1, -0.05) is 84.4 Å². The second-order valence-electron chi connectivity index (χ2n) is 23.7. The summed E-state index contributed by atoms with van der Waals surface area (Å²) in [5, 5.41) is 101. The number of primary amides is 1. The lowest BCUT2D eigenvalue weighted by Gasteiger charge is -2.36. The number of phenolic OH excluding ortho intramolecular Hbond substituents is 1. The molecule has 27 heteroatoms. The molecule has 0 saturated carbocycles. The molecule has 0 spiro atoms. The molecule has 7 unspecified atom stereocenters. The lowest BCUT2D eigenvalue weighted by atomic mass is 9.85. The monoisotopic (exact) mass is 1250 g/mol. The number of hydrogen-bond acceptors (Lipinski definition) is 21. The number of phenols is 1. The third-order valence-corrected chi connectivity index (χ3v) is 16.5. The average Bonchev–Trinajstić information content (AvgIpc) is 1.81. The van der Waals surface area contributed by atoms with Crippen molar-refractivity contribution in [3.8, 4) is 5.75 Å². The predicted molar refractivity (Wildman–Crippen MR) is 319 cm³/mol. The summed E-state index contributed by atoms with van der Waals surface area (Å²) >= 11 is 0. The van der Waals surface area contributed by atoms with Gasteiger partial charge >= 0.3 is 0 Å². The molecule has 0 radical (unpaired) electrons. The number of aromatic hydroxyl groups is 1. The minimum absolute atomic E-state index is 0.0342. The molecule has 27 nitrogen and oxygen atoms in total. The third-order valence-electron chi connectivity index (χ3n) is 16.5. The number of aliphatic hydroxyl groups excluding tert-OH is 7. The van der Waals surface area contributed by atoms with Crippen molar-refractivity contribution < 1.29 is 98.1 Å².